The number of carbonyl (C=O) groups is 1. The summed E-state index contributed by atoms with van der Waals surface area (Å²) in [6.45, 7) is 4.05. The lowest BCUT2D eigenvalue weighted by atomic mass is 9.85. The SMILES string of the molecule is CC/C=C\C/C=C\C/C=C\C/C=C\C/C=C\CCCCCCCC(=O)OC(COCCCCCCCC/C=C\C/C=C\CCCC)COP(=O)(O)OC1C(O)C(O)C(O)C(O)C1O. The van der Waals surface area contributed by atoms with Gasteiger partial charge in [0.1, 0.15) is 42.7 Å². The van der Waals surface area contributed by atoms with Crippen LogP contribution in [0.5, 0.6) is 0 Å². The third-order valence-electron chi connectivity index (χ3n) is 10.5. The van der Waals surface area contributed by atoms with Gasteiger partial charge in [-0.1, -0.05) is 157 Å². The van der Waals surface area contributed by atoms with Crippen LogP contribution < -0.4 is 0 Å². The second kappa shape index (κ2) is 39.8. The summed E-state index contributed by atoms with van der Waals surface area (Å²) in [5.74, 6) is -0.503. The fourth-order valence-electron chi connectivity index (χ4n) is 6.69. The van der Waals surface area contributed by atoms with Crippen molar-refractivity contribution < 1.29 is 58.3 Å². The third-order valence-corrected chi connectivity index (χ3v) is 11.5. The normalized spacial score (nSPS) is 22.6. The molecule has 6 unspecified atom stereocenters. The third kappa shape index (κ3) is 31.9. The molecule has 12 nitrogen and oxygen atoms in total. The zero-order valence-electron chi connectivity index (χ0n) is 38.6. The lowest BCUT2D eigenvalue weighted by Crippen LogP contribution is -2.64. The zero-order valence-corrected chi connectivity index (χ0v) is 39.5. The Hall–Kier alpha value is -2.48. The van der Waals surface area contributed by atoms with Crippen LogP contribution in [0.3, 0.4) is 0 Å². The predicted octanol–water partition coefficient (Wildman–Crippen LogP) is 10.1. The van der Waals surface area contributed by atoms with Crippen LogP contribution in [-0.2, 0) is 27.9 Å². The van der Waals surface area contributed by atoms with Crippen molar-refractivity contribution in [3.05, 3.63) is 85.1 Å². The van der Waals surface area contributed by atoms with Gasteiger partial charge in [0.05, 0.1) is 13.2 Å². The van der Waals surface area contributed by atoms with Crippen LogP contribution >= 0.6 is 7.82 Å². The molecule has 63 heavy (non-hydrogen) atoms. The van der Waals surface area contributed by atoms with Crippen molar-refractivity contribution in [1.29, 1.82) is 0 Å². The first-order chi connectivity index (χ1) is 30.5. The van der Waals surface area contributed by atoms with Crippen molar-refractivity contribution in [2.45, 2.75) is 204 Å². The molecule has 0 aromatic rings. The number of aliphatic hydroxyl groups excluding tert-OH is 5. The van der Waals surface area contributed by atoms with Crippen LogP contribution in [0.1, 0.15) is 162 Å². The lowest BCUT2D eigenvalue weighted by Gasteiger charge is -2.41. The monoisotopic (exact) mass is 909 g/mol. The van der Waals surface area contributed by atoms with Gasteiger partial charge in [-0.3, -0.25) is 13.8 Å². The van der Waals surface area contributed by atoms with E-state index in [9.17, 15) is 39.8 Å². The minimum Gasteiger partial charge on any atom is -0.457 e. The molecule has 1 aliphatic rings. The second-order valence-electron chi connectivity index (χ2n) is 16.2. The smallest absolute Gasteiger partial charge is 0.457 e. The van der Waals surface area contributed by atoms with E-state index in [-0.39, 0.29) is 13.0 Å². The van der Waals surface area contributed by atoms with Gasteiger partial charge in [0.2, 0.25) is 0 Å². The van der Waals surface area contributed by atoms with Gasteiger partial charge in [-0.05, 0) is 83.5 Å². The number of aliphatic hydroxyl groups is 5. The van der Waals surface area contributed by atoms with E-state index in [4.69, 9.17) is 18.5 Å². The summed E-state index contributed by atoms with van der Waals surface area (Å²) >= 11 is 0. The number of esters is 1. The Bertz CT molecular complexity index is 1360. The summed E-state index contributed by atoms with van der Waals surface area (Å²) in [4.78, 5) is 23.2. The average Bonchev–Trinajstić information content (AvgIpc) is 3.27. The van der Waals surface area contributed by atoms with Crippen molar-refractivity contribution in [3.63, 3.8) is 0 Å². The quantitative estimate of drug-likeness (QED) is 0.0148. The maximum absolute atomic E-state index is 12.8. The van der Waals surface area contributed by atoms with Crippen molar-refractivity contribution >= 4 is 13.8 Å². The molecule has 0 saturated heterocycles. The molecule has 1 rings (SSSR count). The van der Waals surface area contributed by atoms with E-state index in [0.29, 0.717) is 13.0 Å². The predicted molar refractivity (Wildman–Crippen MR) is 253 cm³/mol. The summed E-state index contributed by atoms with van der Waals surface area (Å²) in [5.41, 5.74) is 0. The van der Waals surface area contributed by atoms with Gasteiger partial charge in [0, 0.05) is 13.0 Å². The van der Waals surface area contributed by atoms with E-state index in [0.717, 1.165) is 122 Å². The van der Waals surface area contributed by atoms with E-state index < -0.39 is 63.1 Å². The van der Waals surface area contributed by atoms with E-state index in [1.54, 1.807) is 0 Å². The first-order valence-corrected chi connectivity index (χ1v) is 25.4. The Labute approximate surface area is 380 Å². The number of phosphoric ester groups is 1. The van der Waals surface area contributed by atoms with Crippen LogP contribution in [0.15, 0.2) is 85.1 Å². The Balaban J connectivity index is 2.41. The van der Waals surface area contributed by atoms with Crippen molar-refractivity contribution in [2.75, 3.05) is 19.8 Å². The van der Waals surface area contributed by atoms with Crippen LogP contribution in [0.25, 0.3) is 0 Å². The Morgan fingerprint density at radius 1 is 0.524 bits per heavy atom. The standard InChI is InChI=1S/C50H85O12P/c1-3-5-7-9-11-13-15-17-19-20-21-22-23-24-25-27-29-31-33-35-37-39-44(51)61-43(42-60-63(57,58)62-50-48(55)46(53)45(52)47(54)49(50)56)41-59-40-38-36-34-32-30-28-26-18-16-14-12-10-8-6-4-2/h5,7,10-13,16-19,21-22,24-25,43,45-50,52-56H,3-4,6,8-9,14-15,20,23,26-42H2,1-2H3,(H,57,58)/b7-5-,12-10-,13-11-,18-16-,19-17-,22-21-,25-24-. The molecule has 0 radical (unpaired) electrons. The van der Waals surface area contributed by atoms with Crippen LogP contribution in [0.2, 0.25) is 0 Å². The summed E-state index contributed by atoms with van der Waals surface area (Å²) in [5, 5.41) is 50.2. The van der Waals surface area contributed by atoms with Crippen molar-refractivity contribution in [3.8, 4) is 0 Å². The molecular formula is C50H85O12P. The molecule has 0 heterocycles. The summed E-state index contributed by atoms with van der Waals surface area (Å²) < 4.78 is 34.2. The van der Waals surface area contributed by atoms with Gasteiger partial charge in [-0.15, -0.1) is 0 Å². The van der Waals surface area contributed by atoms with E-state index in [1.807, 2.05) is 0 Å². The summed E-state index contributed by atoms with van der Waals surface area (Å²) in [6, 6.07) is 0. The summed E-state index contributed by atoms with van der Waals surface area (Å²) in [7, 11) is -5.03. The molecule has 0 aromatic heterocycles. The van der Waals surface area contributed by atoms with Crippen molar-refractivity contribution in [2.24, 2.45) is 0 Å². The maximum atomic E-state index is 12.8. The van der Waals surface area contributed by atoms with Gasteiger partial charge in [0.25, 0.3) is 0 Å². The number of unbranched alkanes of at least 4 members (excludes halogenated alkanes) is 13. The maximum Gasteiger partial charge on any atom is 0.472 e. The highest BCUT2D eigenvalue weighted by Gasteiger charge is 2.51. The minimum absolute atomic E-state index is 0.0973. The number of hydrogen-bond donors (Lipinski definition) is 6. The Morgan fingerprint density at radius 2 is 0.937 bits per heavy atom. The van der Waals surface area contributed by atoms with Gasteiger partial charge >= 0.3 is 13.8 Å². The second-order valence-corrected chi connectivity index (χ2v) is 17.6. The molecule has 6 atom stereocenters. The van der Waals surface area contributed by atoms with Crippen LogP contribution in [0.4, 0.5) is 0 Å². The van der Waals surface area contributed by atoms with E-state index in [2.05, 4.69) is 98.9 Å². The molecule has 6 N–H and O–H groups in total. The molecular weight excluding hydrogens is 824 g/mol. The van der Waals surface area contributed by atoms with Gasteiger partial charge in [-0.25, -0.2) is 4.57 Å². The number of hydrogen-bond acceptors (Lipinski definition) is 11. The highest BCUT2D eigenvalue weighted by atomic mass is 31.2. The van der Waals surface area contributed by atoms with Gasteiger partial charge < -0.3 is 39.9 Å². The molecule has 0 aliphatic heterocycles. The lowest BCUT2D eigenvalue weighted by molar-refractivity contribution is -0.220. The summed E-state index contributed by atoms with van der Waals surface area (Å²) in [6.07, 6.45) is 40.7. The fourth-order valence-corrected chi connectivity index (χ4v) is 7.66. The highest BCUT2D eigenvalue weighted by Crippen LogP contribution is 2.47. The fraction of sp³-hybridized carbons (Fsp3) is 0.700. The number of carbonyl (C=O) groups excluding carboxylic acids is 1. The first kappa shape index (κ1) is 58.5. The van der Waals surface area contributed by atoms with Crippen LogP contribution in [0, 0.1) is 0 Å². The van der Waals surface area contributed by atoms with Crippen LogP contribution in [-0.4, -0.2) is 98.9 Å². The molecule has 1 fully saturated rings. The Morgan fingerprint density at radius 3 is 1.43 bits per heavy atom. The minimum atomic E-state index is -5.03. The number of phosphoric acid groups is 1. The molecule has 362 valence electrons. The number of allylic oxidation sites excluding steroid dienone is 14. The molecule has 1 aliphatic carbocycles. The van der Waals surface area contributed by atoms with Gasteiger partial charge in [0.15, 0.2) is 0 Å². The van der Waals surface area contributed by atoms with E-state index in [1.165, 1.54) is 12.8 Å². The Kier molecular flexibility index (Phi) is 37.0. The average molecular weight is 909 g/mol. The van der Waals surface area contributed by atoms with E-state index >= 15 is 0 Å². The first-order valence-electron chi connectivity index (χ1n) is 23.9. The van der Waals surface area contributed by atoms with Gasteiger partial charge in [-0.2, -0.15) is 0 Å². The molecule has 1 saturated carbocycles. The highest BCUT2D eigenvalue weighted by molar-refractivity contribution is 7.47. The zero-order chi connectivity index (χ0) is 46.2. The van der Waals surface area contributed by atoms with Crippen molar-refractivity contribution in [1.82, 2.24) is 0 Å². The molecule has 13 heteroatoms. The topological polar surface area (TPSA) is 192 Å². The molecule has 0 bridgehead atoms. The molecule has 0 amide bonds. The number of ether oxygens (including phenoxy) is 2. The number of rotatable bonds is 39. The molecule has 0 aromatic carbocycles. The molecule has 0 spiro atoms. The largest absolute Gasteiger partial charge is 0.472 e.